The van der Waals surface area contributed by atoms with Crippen LogP contribution in [0, 0.1) is 10.1 Å². The molecule has 10 heteroatoms. The van der Waals surface area contributed by atoms with Crippen molar-refractivity contribution in [2.45, 2.75) is 0 Å². The minimum Gasteiger partial charge on any atom is -0.504 e. The highest BCUT2D eigenvalue weighted by Crippen LogP contribution is 2.33. The van der Waals surface area contributed by atoms with E-state index in [1.54, 1.807) is 0 Å². The molecule has 1 saturated heterocycles. The molecule has 9 nitrogen and oxygen atoms in total. The molecule has 0 aromatic heterocycles. The summed E-state index contributed by atoms with van der Waals surface area (Å²) in [5, 5.41) is 30.9. The molecule has 0 atom stereocenters. The number of ether oxygens (including phenoxy) is 1. The Morgan fingerprint density at radius 3 is 2.90 bits per heavy atom. The average Bonchev–Trinajstić information content (AvgIpc) is 2.86. The Balaban J connectivity index is 2.28. The Morgan fingerprint density at radius 1 is 1.57 bits per heavy atom. The van der Waals surface area contributed by atoms with Crippen molar-refractivity contribution in [1.29, 1.82) is 0 Å². The smallest absolute Gasteiger partial charge is 0.274 e. The van der Waals surface area contributed by atoms with Gasteiger partial charge in [-0.05, 0) is 0 Å². The van der Waals surface area contributed by atoms with Crippen molar-refractivity contribution in [1.82, 2.24) is 5.32 Å². The summed E-state index contributed by atoms with van der Waals surface area (Å²) in [4.78, 5) is 21.1. The number of aromatic hydroxyl groups is 1. The fraction of sp³-hybridized carbons (Fsp3) is 0.182. The predicted molar refractivity (Wildman–Crippen MR) is 76.9 cm³/mol. The van der Waals surface area contributed by atoms with Crippen LogP contribution < -0.4 is 10.1 Å². The normalized spacial score (nSPS) is 16.4. The van der Waals surface area contributed by atoms with Crippen LogP contribution in [0.1, 0.15) is 5.56 Å². The van der Waals surface area contributed by atoms with E-state index in [9.17, 15) is 20.0 Å². The molecule has 0 aliphatic carbocycles. The van der Waals surface area contributed by atoms with Gasteiger partial charge in [-0.15, -0.1) is 5.10 Å². The molecular formula is C11H10N4O5S. The molecule has 21 heavy (non-hydrogen) atoms. The van der Waals surface area contributed by atoms with Crippen molar-refractivity contribution in [2.75, 3.05) is 12.9 Å². The van der Waals surface area contributed by atoms with E-state index in [1.807, 2.05) is 0 Å². The first-order chi connectivity index (χ1) is 10.0. The topological polar surface area (TPSA) is 126 Å². The number of rotatable bonds is 4. The Bertz CT molecular complexity index is 658. The summed E-state index contributed by atoms with van der Waals surface area (Å²) in [7, 11) is 1.28. The molecular weight excluding hydrogens is 300 g/mol. The third-order valence-electron chi connectivity index (χ3n) is 2.45. The summed E-state index contributed by atoms with van der Waals surface area (Å²) in [6.45, 7) is 0. The Kier molecular flexibility index (Phi) is 4.38. The van der Waals surface area contributed by atoms with E-state index in [-0.39, 0.29) is 34.4 Å². The van der Waals surface area contributed by atoms with Crippen LogP contribution in [-0.4, -0.2) is 40.2 Å². The van der Waals surface area contributed by atoms with Gasteiger partial charge in [0.25, 0.3) is 5.69 Å². The van der Waals surface area contributed by atoms with Crippen molar-refractivity contribution in [3.8, 4) is 11.5 Å². The Labute approximate surface area is 122 Å². The molecule has 1 aromatic rings. The fourth-order valence-corrected chi connectivity index (χ4v) is 2.13. The molecule has 1 heterocycles. The second-order valence-electron chi connectivity index (χ2n) is 3.83. The summed E-state index contributed by atoms with van der Waals surface area (Å²) in [5.41, 5.74) is -0.165. The molecule has 0 unspecified atom stereocenters. The van der Waals surface area contributed by atoms with E-state index in [0.29, 0.717) is 5.17 Å². The van der Waals surface area contributed by atoms with E-state index in [0.717, 1.165) is 18.3 Å². The zero-order valence-electron chi connectivity index (χ0n) is 10.8. The van der Waals surface area contributed by atoms with E-state index < -0.39 is 4.92 Å². The molecule has 2 rings (SSSR count). The number of amides is 1. The molecule has 110 valence electrons. The number of thioether (sulfide) groups is 1. The molecule has 0 radical (unpaired) electrons. The maximum Gasteiger partial charge on any atom is 0.274 e. The first-order valence-corrected chi connectivity index (χ1v) is 6.59. The van der Waals surface area contributed by atoms with Gasteiger partial charge in [0.2, 0.25) is 5.91 Å². The molecule has 1 fully saturated rings. The summed E-state index contributed by atoms with van der Waals surface area (Å²) in [6, 6.07) is 2.24. The van der Waals surface area contributed by atoms with E-state index in [1.165, 1.54) is 18.9 Å². The summed E-state index contributed by atoms with van der Waals surface area (Å²) >= 11 is 1.19. The van der Waals surface area contributed by atoms with Crippen LogP contribution in [0.25, 0.3) is 0 Å². The summed E-state index contributed by atoms with van der Waals surface area (Å²) in [6.07, 6.45) is 1.14. The number of nitro benzene ring substituents is 1. The Hall–Kier alpha value is -2.62. The highest BCUT2D eigenvalue weighted by atomic mass is 32.2. The van der Waals surface area contributed by atoms with Crippen LogP contribution in [0.5, 0.6) is 11.5 Å². The number of methoxy groups -OCH3 is 1. The number of non-ortho nitro benzene ring substituents is 1. The third kappa shape index (κ3) is 3.48. The maximum absolute atomic E-state index is 10.9. The first-order valence-electron chi connectivity index (χ1n) is 5.60. The minimum atomic E-state index is -0.613. The van der Waals surface area contributed by atoms with E-state index in [2.05, 4.69) is 15.5 Å². The number of benzene rings is 1. The van der Waals surface area contributed by atoms with Gasteiger partial charge in [-0.25, -0.2) is 0 Å². The van der Waals surface area contributed by atoms with Crippen molar-refractivity contribution >= 4 is 34.7 Å². The predicted octanol–water partition coefficient (Wildman–Crippen LogP) is 0.862. The molecule has 1 aliphatic heterocycles. The van der Waals surface area contributed by atoms with Crippen LogP contribution in [0.2, 0.25) is 0 Å². The van der Waals surface area contributed by atoms with Crippen molar-refractivity contribution in [3.63, 3.8) is 0 Å². The van der Waals surface area contributed by atoms with Crippen LogP contribution in [0.15, 0.2) is 22.3 Å². The number of phenolic OH excluding ortho intramolecular Hbond substituents is 1. The third-order valence-corrected chi connectivity index (χ3v) is 3.32. The molecule has 0 spiro atoms. The number of carbonyl (C=O) groups is 1. The summed E-state index contributed by atoms with van der Waals surface area (Å²) in [5.74, 6) is -0.227. The lowest BCUT2D eigenvalue weighted by molar-refractivity contribution is -0.385. The van der Waals surface area contributed by atoms with Gasteiger partial charge < -0.3 is 15.2 Å². The Morgan fingerprint density at radius 2 is 2.33 bits per heavy atom. The molecule has 1 aromatic carbocycles. The van der Waals surface area contributed by atoms with Crippen molar-refractivity contribution in [3.05, 3.63) is 27.8 Å². The van der Waals surface area contributed by atoms with Crippen LogP contribution in [-0.2, 0) is 4.79 Å². The molecule has 1 amide bonds. The lowest BCUT2D eigenvalue weighted by Crippen LogP contribution is -2.19. The number of hydrogen-bond acceptors (Lipinski definition) is 8. The van der Waals surface area contributed by atoms with Crippen molar-refractivity contribution < 1.29 is 19.6 Å². The number of hydrogen-bond donors (Lipinski definition) is 2. The molecule has 2 N–H and O–H groups in total. The second-order valence-corrected chi connectivity index (χ2v) is 4.79. The van der Waals surface area contributed by atoms with Gasteiger partial charge >= 0.3 is 0 Å². The van der Waals surface area contributed by atoms with Crippen LogP contribution >= 0.6 is 11.8 Å². The number of nitrogens with zero attached hydrogens (tertiary/aromatic N) is 3. The largest absolute Gasteiger partial charge is 0.504 e. The van der Waals surface area contributed by atoms with E-state index in [4.69, 9.17) is 4.74 Å². The quantitative estimate of drug-likeness (QED) is 0.482. The van der Waals surface area contributed by atoms with Crippen molar-refractivity contribution in [2.24, 2.45) is 10.2 Å². The highest BCUT2D eigenvalue weighted by molar-refractivity contribution is 8.15. The minimum absolute atomic E-state index is 0.0400. The number of phenols is 1. The van der Waals surface area contributed by atoms with Crippen LogP contribution in [0.4, 0.5) is 5.69 Å². The van der Waals surface area contributed by atoms with Gasteiger partial charge in [0.1, 0.15) is 0 Å². The zero-order chi connectivity index (χ0) is 15.4. The highest BCUT2D eigenvalue weighted by Gasteiger charge is 2.17. The van der Waals surface area contributed by atoms with Gasteiger partial charge in [-0.2, -0.15) is 5.10 Å². The van der Waals surface area contributed by atoms with Gasteiger partial charge in [0.15, 0.2) is 16.7 Å². The number of nitrogens with one attached hydrogen (secondary N) is 1. The fourth-order valence-electron chi connectivity index (χ4n) is 1.50. The maximum atomic E-state index is 10.9. The number of nitro groups is 1. The standard InChI is InChI=1S/C11H10N4O5S/c1-20-8-3-7(15(18)19)2-6(10(8)17)4-12-14-11-13-9(16)5-21-11/h2-4,17H,5H2,1H3,(H,13,14,16). The molecule has 0 saturated carbocycles. The number of carbonyl (C=O) groups excluding carboxylic acids is 1. The molecule has 0 bridgehead atoms. The average molecular weight is 310 g/mol. The van der Waals surface area contributed by atoms with Crippen LogP contribution in [0.3, 0.4) is 0 Å². The van der Waals surface area contributed by atoms with Gasteiger partial charge in [-0.1, -0.05) is 11.8 Å². The number of amidine groups is 1. The lowest BCUT2D eigenvalue weighted by atomic mass is 10.2. The second kappa shape index (κ2) is 6.22. The lowest BCUT2D eigenvalue weighted by Gasteiger charge is -2.05. The monoisotopic (exact) mass is 310 g/mol. The first kappa shape index (κ1) is 14.8. The molecule has 1 aliphatic rings. The van der Waals surface area contributed by atoms with Gasteiger partial charge in [0.05, 0.1) is 30.1 Å². The zero-order valence-corrected chi connectivity index (χ0v) is 11.6. The van der Waals surface area contributed by atoms with Gasteiger partial charge in [0, 0.05) is 11.6 Å². The van der Waals surface area contributed by atoms with Gasteiger partial charge in [-0.3, -0.25) is 14.9 Å². The summed E-state index contributed by atoms with van der Waals surface area (Å²) < 4.78 is 4.86. The SMILES string of the molecule is COc1cc([N+](=O)[O-])cc(C=NN=C2NC(=O)CS2)c1O. The van der Waals surface area contributed by atoms with E-state index >= 15 is 0 Å².